The fourth-order valence-electron chi connectivity index (χ4n) is 2.58. The molecule has 2 amide bonds. The lowest BCUT2D eigenvalue weighted by Crippen LogP contribution is -2.29. The molecule has 1 unspecified atom stereocenters. The van der Waals surface area contributed by atoms with E-state index in [4.69, 9.17) is 0 Å². The normalized spacial score (nSPS) is 11.7. The first-order chi connectivity index (χ1) is 12.5. The van der Waals surface area contributed by atoms with Crippen molar-refractivity contribution in [2.45, 2.75) is 24.2 Å². The van der Waals surface area contributed by atoms with Gasteiger partial charge in [-0.2, -0.15) is 0 Å². The van der Waals surface area contributed by atoms with Crippen LogP contribution in [0.5, 0.6) is 0 Å². The Morgan fingerprint density at radius 1 is 1.04 bits per heavy atom. The van der Waals surface area contributed by atoms with Crippen LogP contribution >= 0.6 is 11.8 Å². The number of nitrogens with one attached hydrogen (secondary N) is 1. The van der Waals surface area contributed by atoms with E-state index in [1.807, 2.05) is 36.4 Å². The topological polar surface area (TPSA) is 49.4 Å². The number of carbonyl (C=O) groups is 2. The van der Waals surface area contributed by atoms with Crippen LogP contribution < -0.4 is 5.32 Å². The van der Waals surface area contributed by atoms with Gasteiger partial charge < -0.3 is 10.2 Å². The third kappa shape index (κ3) is 5.63. The lowest BCUT2D eigenvalue weighted by atomic mass is 9.96. The van der Waals surface area contributed by atoms with Crippen molar-refractivity contribution in [1.29, 1.82) is 0 Å². The molecule has 26 heavy (non-hydrogen) atoms. The Morgan fingerprint density at radius 2 is 1.69 bits per heavy atom. The highest BCUT2D eigenvalue weighted by atomic mass is 32.2. The van der Waals surface area contributed by atoms with Crippen molar-refractivity contribution in [3.8, 4) is 0 Å². The van der Waals surface area contributed by atoms with Gasteiger partial charge in [-0.3, -0.25) is 9.59 Å². The number of hydrogen-bond donors (Lipinski definition) is 1. The van der Waals surface area contributed by atoms with Gasteiger partial charge in [-0.05, 0) is 24.1 Å². The van der Waals surface area contributed by atoms with E-state index in [1.54, 1.807) is 25.1 Å². The zero-order valence-corrected chi connectivity index (χ0v) is 16.4. The molecule has 1 N–H and O–H groups in total. The first-order valence-corrected chi connectivity index (χ1v) is 9.76. The molecule has 5 heteroatoms. The van der Waals surface area contributed by atoms with Gasteiger partial charge in [-0.25, -0.2) is 0 Å². The van der Waals surface area contributed by atoms with E-state index in [1.165, 1.54) is 17.3 Å². The van der Waals surface area contributed by atoms with Crippen molar-refractivity contribution >= 4 is 23.6 Å². The lowest BCUT2D eigenvalue weighted by molar-refractivity contribution is -0.125. The van der Waals surface area contributed by atoms with E-state index in [0.29, 0.717) is 17.9 Å². The highest BCUT2D eigenvalue weighted by Gasteiger charge is 2.15. The Labute approximate surface area is 160 Å². The molecular formula is C21H26N2O2S. The maximum atomic E-state index is 12.7. The number of amides is 2. The Hall–Kier alpha value is -2.27. The number of hydrogen-bond acceptors (Lipinski definition) is 3. The molecule has 0 saturated heterocycles. The average Bonchev–Trinajstić information content (AvgIpc) is 2.67. The molecule has 0 saturated carbocycles. The highest BCUT2D eigenvalue weighted by Crippen LogP contribution is 2.23. The SMILES string of the molecule is CCC(CNC(=O)c1ccccc1SCC(=O)N(C)C)c1ccccc1. The minimum absolute atomic E-state index is 0.0281. The number of carbonyl (C=O) groups excluding carboxylic acids is 2. The summed E-state index contributed by atoms with van der Waals surface area (Å²) < 4.78 is 0. The Balaban J connectivity index is 2.02. The summed E-state index contributed by atoms with van der Waals surface area (Å²) in [4.78, 5) is 26.9. The second kappa shape index (κ2) is 10.0. The fraction of sp³-hybridized carbons (Fsp3) is 0.333. The van der Waals surface area contributed by atoms with Crippen molar-refractivity contribution in [2.75, 3.05) is 26.4 Å². The molecule has 0 aliphatic rings. The van der Waals surface area contributed by atoms with Crippen LogP contribution in [0.1, 0.15) is 35.2 Å². The van der Waals surface area contributed by atoms with Gasteiger partial charge in [0, 0.05) is 31.5 Å². The second-order valence-electron chi connectivity index (χ2n) is 6.30. The number of rotatable bonds is 8. The van der Waals surface area contributed by atoms with Crippen molar-refractivity contribution in [2.24, 2.45) is 0 Å². The molecule has 0 aliphatic heterocycles. The van der Waals surface area contributed by atoms with Crippen molar-refractivity contribution in [1.82, 2.24) is 10.2 Å². The summed E-state index contributed by atoms with van der Waals surface area (Å²) in [5.41, 5.74) is 1.85. The molecule has 2 rings (SSSR count). The third-order valence-corrected chi connectivity index (χ3v) is 5.31. The van der Waals surface area contributed by atoms with Gasteiger partial charge in [0.2, 0.25) is 5.91 Å². The third-order valence-electron chi connectivity index (χ3n) is 4.25. The summed E-state index contributed by atoms with van der Waals surface area (Å²) in [6.07, 6.45) is 0.956. The summed E-state index contributed by atoms with van der Waals surface area (Å²) in [5, 5.41) is 3.05. The van der Waals surface area contributed by atoms with E-state index in [2.05, 4.69) is 24.4 Å². The van der Waals surface area contributed by atoms with Crippen LogP contribution in [0.3, 0.4) is 0 Å². The molecule has 0 aliphatic carbocycles. The fourth-order valence-corrected chi connectivity index (χ4v) is 3.61. The maximum absolute atomic E-state index is 12.7. The van der Waals surface area contributed by atoms with E-state index in [-0.39, 0.29) is 17.7 Å². The predicted octanol–water partition coefficient (Wildman–Crippen LogP) is 3.79. The predicted molar refractivity (Wildman–Crippen MR) is 108 cm³/mol. The number of nitrogens with zero attached hydrogens (tertiary/aromatic N) is 1. The van der Waals surface area contributed by atoms with E-state index < -0.39 is 0 Å². The zero-order chi connectivity index (χ0) is 18.9. The molecule has 0 fully saturated rings. The van der Waals surface area contributed by atoms with Crippen LogP contribution in [0.25, 0.3) is 0 Å². The zero-order valence-electron chi connectivity index (χ0n) is 15.6. The van der Waals surface area contributed by atoms with Crippen molar-refractivity contribution in [3.05, 3.63) is 65.7 Å². The molecule has 0 heterocycles. The van der Waals surface area contributed by atoms with Gasteiger partial charge in [0.05, 0.1) is 11.3 Å². The average molecular weight is 371 g/mol. The molecule has 0 aromatic heterocycles. The number of thioether (sulfide) groups is 1. The number of benzene rings is 2. The van der Waals surface area contributed by atoms with E-state index in [9.17, 15) is 9.59 Å². The standard InChI is InChI=1S/C21H26N2O2S/c1-4-16(17-10-6-5-7-11-17)14-22-21(25)18-12-8-9-13-19(18)26-15-20(24)23(2)3/h5-13,16H,4,14-15H2,1-3H3,(H,22,25). The Kier molecular flexibility index (Phi) is 7.73. The molecule has 0 bridgehead atoms. The van der Waals surface area contributed by atoms with Crippen LogP contribution in [-0.4, -0.2) is 43.1 Å². The smallest absolute Gasteiger partial charge is 0.252 e. The van der Waals surface area contributed by atoms with Crippen LogP contribution in [0.4, 0.5) is 0 Å². The minimum atomic E-state index is -0.0974. The molecule has 0 radical (unpaired) electrons. The highest BCUT2D eigenvalue weighted by molar-refractivity contribution is 8.00. The van der Waals surface area contributed by atoms with E-state index in [0.717, 1.165) is 11.3 Å². The molecule has 4 nitrogen and oxygen atoms in total. The van der Waals surface area contributed by atoms with Crippen LogP contribution in [0.2, 0.25) is 0 Å². The summed E-state index contributed by atoms with van der Waals surface area (Å²) >= 11 is 1.40. The van der Waals surface area contributed by atoms with E-state index >= 15 is 0 Å². The van der Waals surface area contributed by atoms with Crippen molar-refractivity contribution in [3.63, 3.8) is 0 Å². The lowest BCUT2D eigenvalue weighted by Gasteiger charge is -2.17. The Bertz CT molecular complexity index is 732. The van der Waals surface area contributed by atoms with Crippen molar-refractivity contribution < 1.29 is 9.59 Å². The molecule has 0 spiro atoms. The molecule has 2 aromatic carbocycles. The first-order valence-electron chi connectivity index (χ1n) is 8.78. The summed E-state index contributed by atoms with van der Waals surface area (Å²) in [5.74, 6) is 0.536. The quantitative estimate of drug-likeness (QED) is 0.719. The summed E-state index contributed by atoms with van der Waals surface area (Å²) in [6, 6.07) is 17.7. The molecule has 138 valence electrons. The second-order valence-corrected chi connectivity index (χ2v) is 7.32. The van der Waals surface area contributed by atoms with Crippen LogP contribution in [-0.2, 0) is 4.79 Å². The first kappa shape index (κ1) is 20.0. The van der Waals surface area contributed by atoms with Gasteiger partial charge >= 0.3 is 0 Å². The van der Waals surface area contributed by atoms with Crippen LogP contribution in [0, 0.1) is 0 Å². The Morgan fingerprint density at radius 3 is 2.35 bits per heavy atom. The molecule has 1 atom stereocenters. The van der Waals surface area contributed by atoms with Crippen LogP contribution in [0.15, 0.2) is 59.5 Å². The largest absolute Gasteiger partial charge is 0.351 e. The molecular weight excluding hydrogens is 344 g/mol. The van der Waals surface area contributed by atoms with Gasteiger partial charge in [0.25, 0.3) is 5.91 Å². The van der Waals surface area contributed by atoms with Gasteiger partial charge in [-0.15, -0.1) is 11.8 Å². The molecule has 2 aromatic rings. The summed E-state index contributed by atoms with van der Waals surface area (Å²) in [7, 11) is 3.46. The van der Waals surface area contributed by atoms with Gasteiger partial charge in [0.1, 0.15) is 0 Å². The van der Waals surface area contributed by atoms with Gasteiger partial charge in [0.15, 0.2) is 0 Å². The maximum Gasteiger partial charge on any atom is 0.252 e. The monoisotopic (exact) mass is 370 g/mol. The summed E-state index contributed by atoms with van der Waals surface area (Å²) in [6.45, 7) is 2.72. The minimum Gasteiger partial charge on any atom is -0.351 e. The van der Waals surface area contributed by atoms with Gasteiger partial charge in [-0.1, -0.05) is 49.4 Å².